The monoisotopic (exact) mass is 180 g/mol. The first-order valence-corrected chi connectivity index (χ1v) is 4.31. The van der Waals surface area contributed by atoms with Crippen molar-refractivity contribution < 1.29 is 9.90 Å². The Morgan fingerprint density at radius 1 is 1.77 bits per heavy atom. The van der Waals surface area contributed by atoms with E-state index < -0.39 is 5.97 Å². The third-order valence-electron chi connectivity index (χ3n) is 2.66. The van der Waals surface area contributed by atoms with E-state index >= 15 is 0 Å². The number of anilines is 1. The van der Waals surface area contributed by atoms with Crippen LogP contribution in [0.5, 0.6) is 0 Å². The average molecular weight is 180 g/mol. The molecule has 1 aromatic rings. The number of carboxylic acids is 1. The van der Waals surface area contributed by atoms with E-state index in [0.29, 0.717) is 11.8 Å². The van der Waals surface area contributed by atoms with Crippen molar-refractivity contribution in [1.82, 2.24) is 4.98 Å². The molecule has 4 N–H and O–H groups in total. The van der Waals surface area contributed by atoms with Gasteiger partial charge in [0.25, 0.3) is 0 Å². The lowest BCUT2D eigenvalue weighted by molar-refractivity contribution is 0.0697. The molecule has 1 aliphatic rings. The summed E-state index contributed by atoms with van der Waals surface area (Å²) in [5.74, 6) is 0.308. The fourth-order valence-electron chi connectivity index (χ4n) is 1.74. The van der Waals surface area contributed by atoms with Crippen molar-refractivity contribution in [3.05, 3.63) is 17.3 Å². The van der Waals surface area contributed by atoms with Gasteiger partial charge in [-0.1, -0.05) is 6.92 Å². The molecule has 1 fully saturated rings. The summed E-state index contributed by atoms with van der Waals surface area (Å²) >= 11 is 0. The Balaban J connectivity index is 2.40. The Bertz CT molecular complexity index is 356. The number of hydrogen-bond acceptors (Lipinski definition) is 2. The van der Waals surface area contributed by atoms with E-state index in [9.17, 15) is 4.79 Å². The van der Waals surface area contributed by atoms with Crippen LogP contribution >= 0.6 is 0 Å². The minimum atomic E-state index is -0.937. The number of rotatable bonds is 2. The molecule has 0 aliphatic heterocycles. The first kappa shape index (κ1) is 8.16. The first-order chi connectivity index (χ1) is 6.11. The van der Waals surface area contributed by atoms with E-state index in [1.807, 2.05) is 0 Å². The van der Waals surface area contributed by atoms with Gasteiger partial charge in [0.05, 0.1) is 0 Å². The predicted molar refractivity (Wildman–Crippen MR) is 48.7 cm³/mol. The summed E-state index contributed by atoms with van der Waals surface area (Å²) in [6, 6.07) is 0. The summed E-state index contributed by atoms with van der Waals surface area (Å²) in [5.41, 5.74) is 6.63. The van der Waals surface area contributed by atoms with Crippen LogP contribution in [-0.4, -0.2) is 16.1 Å². The molecule has 1 heterocycles. The Kier molecular flexibility index (Phi) is 1.58. The molecule has 2 atom stereocenters. The highest BCUT2D eigenvalue weighted by atomic mass is 16.4. The third-order valence-corrected chi connectivity index (χ3v) is 2.66. The zero-order valence-corrected chi connectivity index (χ0v) is 7.37. The third kappa shape index (κ3) is 1.18. The summed E-state index contributed by atoms with van der Waals surface area (Å²) in [5, 5.41) is 8.90. The second kappa shape index (κ2) is 2.52. The standard InChI is InChI=1S/C9H12N2O2/c1-4-2-5(4)6-3-11-8(10)7(6)9(12)13/h3-5,11H,2,10H2,1H3,(H,12,13). The molecule has 0 spiro atoms. The van der Waals surface area contributed by atoms with E-state index in [2.05, 4.69) is 11.9 Å². The van der Waals surface area contributed by atoms with Gasteiger partial charge < -0.3 is 15.8 Å². The molecule has 70 valence electrons. The first-order valence-electron chi connectivity index (χ1n) is 4.31. The van der Waals surface area contributed by atoms with E-state index in [4.69, 9.17) is 10.8 Å². The number of nitrogen functional groups attached to an aromatic ring is 1. The lowest BCUT2D eigenvalue weighted by Crippen LogP contribution is -2.02. The molecule has 0 radical (unpaired) electrons. The highest BCUT2D eigenvalue weighted by Gasteiger charge is 2.38. The second-order valence-electron chi connectivity index (χ2n) is 3.66. The normalized spacial score (nSPS) is 25.9. The highest BCUT2D eigenvalue weighted by Crippen LogP contribution is 2.48. The second-order valence-corrected chi connectivity index (χ2v) is 3.66. The van der Waals surface area contributed by atoms with Gasteiger partial charge in [0.15, 0.2) is 0 Å². The van der Waals surface area contributed by atoms with E-state index in [1.54, 1.807) is 6.20 Å². The Hall–Kier alpha value is -1.45. The van der Waals surface area contributed by atoms with E-state index in [1.165, 1.54) is 0 Å². The molecule has 0 bridgehead atoms. The number of H-pyrrole nitrogens is 1. The molecule has 1 aromatic heterocycles. The zero-order chi connectivity index (χ0) is 9.59. The van der Waals surface area contributed by atoms with Gasteiger partial charge in [0.2, 0.25) is 0 Å². The largest absolute Gasteiger partial charge is 0.478 e. The Morgan fingerprint density at radius 2 is 2.38 bits per heavy atom. The fourth-order valence-corrected chi connectivity index (χ4v) is 1.74. The number of nitrogens with one attached hydrogen (secondary N) is 1. The van der Waals surface area contributed by atoms with Crippen molar-refractivity contribution in [2.45, 2.75) is 19.3 Å². The number of carbonyl (C=O) groups is 1. The molecule has 0 amide bonds. The topological polar surface area (TPSA) is 79.1 Å². The minimum absolute atomic E-state index is 0.259. The van der Waals surface area contributed by atoms with Gasteiger partial charge in [-0.05, 0) is 23.8 Å². The molecule has 4 heteroatoms. The molecule has 4 nitrogen and oxygen atoms in total. The maximum absolute atomic E-state index is 10.8. The maximum atomic E-state index is 10.8. The van der Waals surface area contributed by atoms with Crippen molar-refractivity contribution in [1.29, 1.82) is 0 Å². The zero-order valence-electron chi connectivity index (χ0n) is 7.37. The molecule has 1 aliphatic carbocycles. The highest BCUT2D eigenvalue weighted by molar-refractivity contribution is 5.95. The molecule has 0 aromatic carbocycles. The number of aromatic amines is 1. The number of nitrogens with two attached hydrogens (primary N) is 1. The van der Waals surface area contributed by atoms with Gasteiger partial charge in [-0.15, -0.1) is 0 Å². The molecule has 2 rings (SSSR count). The van der Waals surface area contributed by atoms with Crippen LogP contribution in [0.1, 0.15) is 35.2 Å². The molecular formula is C9H12N2O2. The molecule has 13 heavy (non-hydrogen) atoms. The van der Waals surface area contributed by atoms with Crippen molar-refractivity contribution in [2.75, 3.05) is 5.73 Å². The maximum Gasteiger partial charge on any atom is 0.339 e. The van der Waals surface area contributed by atoms with Gasteiger partial charge in [-0.25, -0.2) is 4.79 Å². The van der Waals surface area contributed by atoms with Crippen LogP contribution in [-0.2, 0) is 0 Å². The quantitative estimate of drug-likeness (QED) is 0.644. The van der Waals surface area contributed by atoms with Crippen molar-refractivity contribution in [3.8, 4) is 0 Å². The number of carboxylic acid groups (broad SMARTS) is 1. The van der Waals surface area contributed by atoms with Gasteiger partial charge >= 0.3 is 5.97 Å². The summed E-state index contributed by atoms with van der Waals surface area (Å²) in [6.07, 6.45) is 2.78. The van der Waals surface area contributed by atoms with E-state index in [0.717, 1.165) is 12.0 Å². The summed E-state index contributed by atoms with van der Waals surface area (Å²) < 4.78 is 0. The average Bonchev–Trinajstić information content (AvgIpc) is 2.60. The summed E-state index contributed by atoms with van der Waals surface area (Å²) in [7, 11) is 0. The summed E-state index contributed by atoms with van der Waals surface area (Å²) in [6.45, 7) is 2.11. The van der Waals surface area contributed by atoms with Crippen LogP contribution in [0.3, 0.4) is 0 Å². The summed E-state index contributed by atoms with van der Waals surface area (Å²) in [4.78, 5) is 13.6. The van der Waals surface area contributed by atoms with Gasteiger partial charge in [0.1, 0.15) is 11.4 Å². The Morgan fingerprint density at radius 3 is 2.85 bits per heavy atom. The SMILES string of the molecule is CC1CC1c1c[nH]c(N)c1C(=O)O. The predicted octanol–water partition coefficient (Wildman–Crippen LogP) is 1.42. The molecule has 1 saturated carbocycles. The lowest BCUT2D eigenvalue weighted by Gasteiger charge is -1.97. The van der Waals surface area contributed by atoms with Crippen molar-refractivity contribution in [3.63, 3.8) is 0 Å². The lowest BCUT2D eigenvalue weighted by atomic mass is 10.1. The van der Waals surface area contributed by atoms with Crippen LogP contribution < -0.4 is 5.73 Å². The number of hydrogen-bond donors (Lipinski definition) is 3. The van der Waals surface area contributed by atoms with E-state index in [-0.39, 0.29) is 11.4 Å². The number of aromatic carboxylic acids is 1. The van der Waals surface area contributed by atoms with Crippen LogP contribution in [0.2, 0.25) is 0 Å². The molecule has 0 saturated heterocycles. The van der Waals surface area contributed by atoms with Crippen LogP contribution in [0.15, 0.2) is 6.20 Å². The van der Waals surface area contributed by atoms with Crippen LogP contribution in [0.25, 0.3) is 0 Å². The minimum Gasteiger partial charge on any atom is -0.478 e. The smallest absolute Gasteiger partial charge is 0.339 e. The number of aromatic nitrogens is 1. The van der Waals surface area contributed by atoms with Crippen molar-refractivity contribution >= 4 is 11.8 Å². The van der Waals surface area contributed by atoms with Crippen LogP contribution in [0, 0.1) is 5.92 Å². The van der Waals surface area contributed by atoms with Gasteiger partial charge in [-0.3, -0.25) is 0 Å². The molecular weight excluding hydrogens is 168 g/mol. The van der Waals surface area contributed by atoms with Crippen molar-refractivity contribution in [2.24, 2.45) is 5.92 Å². The van der Waals surface area contributed by atoms with Crippen LogP contribution in [0.4, 0.5) is 5.82 Å². The molecule has 2 unspecified atom stereocenters. The Labute approximate surface area is 75.8 Å². The fraction of sp³-hybridized carbons (Fsp3) is 0.444. The van der Waals surface area contributed by atoms with Gasteiger partial charge in [0, 0.05) is 6.20 Å². The van der Waals surface area contributed by atoms with Gasteiger partial charge in [-0.2, -0.15) is 0 Å².